The van der Waals surface area contributed by atoms with E-state index in [1.807, 2.05) is 95.3 Å². The Balaban J connectivity index is 1.01. The second kappa shape index (κ2) is 17.6. The lowest BCUT2D eigenvalue weighted by Crippen LogP contribution is -2.43. The number of carbonyl (C=O) groups is 2. The van der Waals surface area contributed by atoms with Crippen molar-refractivity contribution in [1.29, 1.82) is 0 Å². The summed E-state index contributed by atoms with van der Waals surface area (Å²) in [6.07, 6.45) is 2.50. The second-order valence-electron chi connectivity index (χ2n) is 17.7. The molecule has 1 atom stereocenters. The summed E-state index contributed by atoms with van der Waals surface area (Å²) in [6.45, 7) is 9.96. The summed E-state index contributed by atoms with van der Waals surface area (Å²) in [4.78, 5) is 27.4. The monoisotopic (exact) mass is 868 g/mol. The summed E-state index contributed by atoms with van der Waals surface area (Å²) >= 11 is 0. The van der Waals surface area contributed by atoms with E-state index in [9.17, 15) is 23.1 Å². The molecule has 0 saturated heterocycles. The zero-order chi connectivity index (χ0) is 44.6. The molecular formula is C51H56N4O7S. The van der Waals surface area contributed by atoms with E-state index in [0.717, 1.165) is 63.1 Å². The average molecular weight is 869 g/mol. The van der Waals surface area contributed by atoms with Crippen LogP contribution in [0.4, 0.5) is 4.79 Å². The van der Waals surface area contributed by atoms with Gasteiger partial charge >= 0.3 is 12.1 Å². The van der Waals surface area contributed by atoms with Crippen LogP contribution in [0.3, 0.4) is 0 Å². The fraction of sp³-hybridized carbons (Fsp3) is 0.353. The Labute approximate surface area is 370 Å². The highest BCUT2D eigenvalue weighted by molar-refractivity contribution is 7.90. The number of alkyl carbamates (subject to hydrolysis) is 1. The first kappa shape index (κ1) is 43.5. The van der Waals surface area contributed by atoms with Gasteiger partial charge in [-0.2, -0.15) is 8.42 Å². The van der Waals surface area contributed by atoms with E-state index in [4.69, 9.17) is 9.47 Å². The quantitative estimate of drug-likeness (QED) is 0.0636. The Bertz CT molecular complexity index is 2640. The fourth-order valence-corrected chi connectivity index (χ4v) is 11.2. The van der Waals surface area contributed by atoms with Gasteiger partial charge in [0, 0.05) is 31.5 Å². The molecule has 5 aromatic carbocycles. The van der Waals surface area contributed by atoms with Gasteiger partial charge in [0.1, 0.15) is 24.0 Å². The summed E-state index contributed by atoms with van der Waals surface area (Å²) in [5.74, 6) is -0.405. The van der Waals surface area contributed by atoms with Crippen molar-refractivity contribution in [2.75, 3.05) is 20.2 Å². The maximum Gasteiger partial charge on any atom is 0.407 e. The van der Waals surface area contributed by atoms with Gasteiger partial charge < -0.3 is 30.1 Å². The molecule has 8 rings (SSSR count). The predicted octanol–water partition coefficient (Wildman–Crippen LogP) is 8.94. The molecule has 5 aromatic rings. The maximum atomic E-state index is 14.7. The molecule has 328 valence electrons. The third-order valence-corrected chi connectivity index (χ3v) is 14.5. The molecule has 3 aliphatic rings. The molecule has 1 aliphatic heterocycles. The van der Waals surface area contributed by atoms with Gasteiger partial charge in [-0.15, -0.1) is 4.40 Å². The Morgan fingerprint density at radius 1 is 0.825 bits per heavy atom. The van der Waals surface area contributed by atoms with Gasteiger partial charge in [0.2, 0.25) is 5.96 Å². The van der Waals surface area contributed by atoms with Crippen molar-refractivity contribution in [1.82, 2.24) is 15.5 Å². The number of amides is 1. The molecule has 0 fully saturated rings. The van der Waals surface area contributed by atoms with E-state index in [1.54, 1.807) is 11.9 Å². The number of hydrogen-bond donors (Lipinski definition) is 3. The first-order chi connectivity index (χ1) is 30.1. The van der Waals surface area contributed by atoms with Crippen LogP contribution in [0, 0.1) is 20.8 Å². The van der Waals surface area contributed by atoms with Crippen molar-refractivity contribution in [2.24, 2.45) is 4.40 Å². The van der Waals surface area contributed by atoms with E-state index >= 15 is 0 Å². The predicted molar refractivity (Wildman–Crippen MR) is 245 cm³/mol. The van der Waals surface area contributed by atoms with Crippen LogP contribution < -0.4 is 15.4 Å². The number of fused-ring (bicyclic) bond motifs is 6. The summed E-state index contributed by atoms with van der Waals surface area (Å²) in [6, 6.07) is 30.9. The van der Waals surface area contributed by atoms with Crippen molar-refractivity contribution in [3.8, 4) is 16.9 Å². The fourth-order valence-electron chi connectivity index (χ4n) is 9.65. The van der Waals surface area contributed by atoms with Gasteiger partial charge in [0.05, 0.1) is 10.9 Å². The van der Waals surface area contributed by atoms with Crippen LogP contribution >= 0.6 is 0 Å². The second-order valence-corrected chi connectivity index (χ2v) is 19.2. The van der Waals surface area contributed by atoms with E-state index in [-0.39, 0.29) is 29.8 Å². The number of nitrogens with zero attached hydrogens (tertiary/aromatic N) is 2. The number of carboxylic acid groups (broad SMARTS) is 1. The van der Waals surface area contributed by atoms with Crippen molar-refractivity contribution in [2.45, 2.75) is 102 Å². The highest BCUT2D eigenvalue weighted by atomic mass is 32.2. The van der Waals surface area contributed by atoms with Gasteiger partial charge in [-0.25, -0.2) is 9.59 Å². The lowest BCUT2D eigenvalue weighted by atomic mass is 9.94. The van der Waals surface area contributed by atoms with Crippen LogP contribution in [0.25, 0.3) is 11.1 Å². The molecule has 63 heavy (non-hydrogen) atoms. The number of ether oxygens (including phenoxy) is 2. The van der Waals surface area contributed by atoms with E-state index in [1.165, 1.54) is 11.1 Å². The van der Waals surface area contributed by atoms with Crippen LogP contribution in [-0.2, 0) is 38.8 Å². The van der Waals surface area contributed by atoms with Crippen LogP contribution in [0.15, 0.2) is 106 Å². The molecule has 0 aromatic heterocycles. The summed E-state index contributed by atoms with van der Waals surface area (Å²) < 4.78 is 46.1. The van der Waals surface area contributed by atoms with Crippen LogP contribution in [0.1, 0.15) is 101 Å². The van der Waals surface area contributed by atoms with E-state index < -0.39 is 39.8 Å². The minimum atomic E-state index is -4.29. The molecule has 12 heteroatoms. The number of guanidine groups is 1. The molecule has 3 N–H and O–H groups in total. The normalized spacial score (nSPS) is 15.7. The van der Waals surface area contributed by atoms with Crippen LogP contribution in [0.2, 0.25) is 0 Å². The summed E-state index contributed by atoms with van der Waals surface area (Å²) in [7, 11) is -2.49. The lowest BCUT2D eigenvalue weighted by molar-refractivity contribution is -0.139. The molecule has 0 spiro atoms. The van der Waals surface area contributed by atoms with E-state index in [2.05, 4.69) is 51.4 Å². The minimum Gasteiger partial charge on any atom is -0.487 e. The number of carboxylic acids is 1. The number of nitrogens with one attached hydrogen (secondary N) is 2. The largest absolute Gasteiger partial charge is 0.487 e. The molecule has 1 heterocycles. The number of sulfonamides is 1. The van der Waals surface area contributed by atoms with Gasteiger partial charge in [-0.3, -0.25) is 0 Å². The van der Waals surface area contributed by atoms with Crippen molar-refractivity contribution < 1.29 is 32.6 Å². The van der Waals surface area contributed by atoms with Gasteiger partial charge in [-0.1, -0.05) is 97.1 Å². The average Bonchev–Trinajstić information content (AvgIpc) is 3.71. The number of unbranched alkanes of at least 4 members (excludes halogenated alkanes) is 1. The number of rotatable bonds is 12. The van der Waals surface area contributed by atoms with E-state index in [0.29, 0.717) is 36.9 Å². The highest BCUT2D eigenvalue weighted by Gasteiger charge is 2.37. The number of benzene rings is 5. The number of carbonyl (C=O) groups excluding carboxylic acids is 1. The molecular weight excluding hydrogens is 813 g/mol. The Morgan fingerprint density at radius 2 is 1.38 bits per heavy atom. The smallest absolute Gasteiger partial charge is 0.407 e. The van der Waals surface area contributed by atoms with Crippen LogP contribution in [-0.4, -0.2) is 68.3 Å². The molecule has 2 aliphatic carbocycles. The number of aliphatic carboxylic acids is 1. The SMILES string of the molecule is Cc1c(C)c(S(=O)(=O)/N=C(/NC2c3ccccc3CCc3ccccc32)N(C)CCCC[C@@H](NC(=O)OCC2c3ccccc3-c3ccccc32)C(=O)O)c(C)c2c1OC(C)(C)C2. The first-order valence-corrected chi connectivity index (χ1v) is 23.2. The third kappa shape index (κ3) is 8.78. The van der Waals surface area contributed by atoms with Crippen molar-refractivity contribution in [3.63, 3.8) is 0 Å². The Kier molecular flexibility index (Phi) is 12.1. The Hall–Kier alpha value is -6.14. The zero-order valence-electron chi connectivity index (χ0n) is 36.8. The standard InChI is InChI=1S/C51H56N4O7S/c1-31-32(2)47(33(3)42-29-51(4,5)62-46(31)42)63(59,60)54-49(53-45-36-19-9-7-17-34(36)26-27-35-18-8-10-20-37(35)45)55(6)28-16-15-25-44(48(56)57)52-50(58)61-30-43-40-23-13-11-21-38(40)39-22-12-14-24-41(39)43/h7-14,17-24,43-45H,15-16,25-30H2,1-6H3,(H,52,58)(H,53,54)(H,56,57)/t44-/m1/s1. The maximum absolute atomic E-state index is 14.7. The highest BCUT2D eigenvalue weighted by Crippen LogP contribution is 2.46. The summed E-state index contributed by atoms with van der Waals surface area (Å²) in [5.41, 5.74) is 11.2. The van der Waals surface area contributed by atoms with Gasteiger partial charge in [-0.05, 0) is 128 Å². The topological polar surface area (TPSA) is 147 Å². The third-order valence-electron chi connectivity index (χ3n) is 13.0. The molecule has 0 radical (unpaired) electrons. The van der Waals surface area contributed by atoms with Gasteiger partial charge in [0.25, 0.3) is 10.0 Å². The lowest BCUT2D eigenvalue weighted by Gasteiger charge is -2.29. The zero-order valence-corrected chi connectivity index (χ0v) is 37.6. The number of aryl methyl sites for hydroxylation is 2. The first-order valence-electron chi connectivity index (χ1n) is 21.8. The van der Waals surface area contributed by atoms with Crippen LogP contribution in [0.5, 0.6) is 5.75 Å². The molecule has 1 amide bonds. The molecule has 0 bridgehead atoms. The molecule has 0 unspecified atom stereocenters. The van der Waals surface area contributed by atoms with Gasteiger partial charge in [0.15, 0.2) is 0 Å². The van der Waals surface area contributed by atoms with Crippen molar-refractivity contribution >= 4 is 28.0 Å². The van der Waals surface area contributed by atoms with Crippen molar-refractivity contribution in [3.05, 3.63) is 153 Å². The number of hydrogen-bond acceptors (Lipinski definition) is 6. The Morgan fingerprint density at radius 3 is 1.97 bits per heavy atom. The molecule has 0 saturated carbocycles. The summed E-state index contributed by atoms with van der Waals surface area (Å²) in [5, 5.41) is 16.3. The molecule has 11 nitrogen and oxygen atoms in total. The minimum absolute atomic E-state index is 0.0702.